The average Bonchev–Trinajstić information content (AvgIpc) is 3.08. The minimum Gasteiger partial charge on any atom is -0.327 e. The van der Waals surface area contributed by atoms with Crippen LogP contribution < -0.4 is 5.73 Å². The number of aromatic nitrogens is 4. The second-order valence-electron chi connectivity index (χ2n) is 4.47. The molecule has 0 aliphatic rings. The van der Waals surface area contributed by atoms with Crippen molar-refractivity contribution in [2.24, 2.45) is 5.73 Å². The molecule has 0 amide bonds. The number of nitrogens with zero attached hydrogens (tertiary/aromatic N) is 4. The zero-order chi connectivity index (χ0) is 13.9. The Hall–Kier alpha value is -1.44. The van der Waals surface area contributed by atoms with Crippen molar-refractivity contribution >= 4 is 28.9 Å². The van der Waals surface area contributed by atoms with Gasteiger partial charge in [0.1, 0.15) is 17.0 Å². The maximum absolute atomic E-state index is 6.12. The van der Waals surface area contributed by atoms with Crippen molar-refractivity contribution in [1.82, 2.24) is 18.7 Å². The maximum atomic E-state index is 6.12. The van der Waals surface area contributed by atoms with Crippen molar-refractivity contribution in [1.29, 1.82) is 0 Å². The molecule has 0 aliphatic heterocycles. The van der Waals surface area contributed by atoms with Crippen molar-refractivity contribution in [2.75, 3.05) is 0 Å². The third kappa shape index (κ3) is 2.70. The predicted octanol–water partition coefficient (Wildman–Crippen LogP) is 2.62. The maximum Gasteiger partial charge on any atom is 0.176 e. The van der Waals surface area contributed by atoms with Gasteiger partial charge in [0.25, 0.3) is 0 Å². The summed E-state index contributed by atoms with van der Waals surface area (Å²) in [5, 5.41) is 0.969. The highest BCUT2D eigenvalue weighted by Gasteiger charge is 2.16. The Bertz CT molecular complexity index is 692. The summed E-state index contributed by atoms with van der Waals surface area (Å²) in [7, 11) is 0. The van der Waals surface area contributed by atoms with Crippen molar-refractivity contribution in [2.45, 2.75) is 35.2 Å². The molecular weight excluding hydrogens is 290 g/mol. The fraction of sp³-hybridized carbons (Fsp3) is 0.308. The molecule has 2 N–H and O–H groups in total. The van der Waals surface area contributed by atoms with Crippen LogP contribution in [0.5, 0.6) is 0 Å². The topological polar surface area (TPSA) is 69.1 Å². The van der Waals surface area contributed by atoms with Gasteiger partial charge in [-0.2, -0.15) is 4.37 Å². The number of hydrogen-bond acceptors (Lipinski definition) is 6. The molecule has 104 valence electrons. The number of imidazole rings is 1. The molecule has 5 nitrogen and oxygen atoms in total. The molecule has 3 heterocycles. The van der Waals surface area contributed by atoms with E-state index in [1.165, 1.54) is 11.5 Å². The van der Waals surface area contributed by atoms with Crippen molar-refractivity contribution in [3.8, 4) is 0 Å². The first-order chi connectivity index (χ1) is 9.78. The van der Waals surface area contributed by atoms with Crippen molar-refractivity contribution in [3.63, 3.8) is 0 Å². The summed E-state index contributed by atoms with van der Waals surface area (Å²) in [6, 6.07) is 6.15. The Kier molecular flexibility index (Phi) is 4.00. The molecule has 1 atom stereocenters. The molecular formula is C13H15N5S2. The van der Waals surface area contributed by atoms with Crippen LogP contribution in [0.3, 0.4) is 0 Å². The van der Waals surface area contributed by atoms with Crippen LogP contribution in [0.2, 0.25) is 0 Å². The van der Waals surface area contributed by atoms with Gasteiger partial charge in [-0.15, -0.1) is 0 Å². The largest absolute Gasteiger partial charge is 0.327 e. The average molecular weight is 305 g/mol. The molecule has 0 saturated carbocycles. The van der Waals surface area contributed by atoms with E-state index in [0.29, 0.717) is 0 Å². The smallest absolute Gasteiger partial charge is 0.176 e. The van der Waals surface area contributed by atoms with Gasteiger partial charge in [-0.25, -0.2) is 9.97 Å². The summed E-state index contributed by atoms with van der Waals surface area (Å²) in [5.41, 5.74) is 8.21. The van der Waals surface area contributed by atoms with Crippen LogP contribution >= 0.6 is 23.3 Å². The number of fused-ring (bicyclic) bond motifs is 1. The Labute approximate surface area is 125 Å². The van der Waals surface area contributed by atoms with Gasteiger partial charge in [-0.1, -0.05) is 13.0 Å². The first-order valence-electron chi connectivity index (χ1n) is 6.44. The molecule has 1 unspecified atom stereocenters. The number of rotatable bonds is 5. The van der Waals surface area contributed by atoms with Crippen LogP contribution in [0.15, 0.2) is 40.1 Å². The van der Waals surface area contributed by atoms with E-state index in [9.17, 15) is 0 Å². The van der Waals surface area contributed by atoms with Gasteiger partial charge in [0.2, 0.25) is 0 Å². The highest BCUT2D eigenvalue weighted by molar-refractivity contribution is 8.00. The Morgan fingerprint density at radius 3 is 3.10 bits per heavy atom. The standard InChI is InChI=1S/C13H15N5S2/c1-2-9(14)7-10-12(19-13-15-8-16-20-13)17-11-5-3-4-6-18(10)11/h3-6,8-9H,2,7,14H2,1H3. The molecule has 0 bridgehead atoms. The number of nitrogens with two attached hydrogens (primary N) is 1. The Morgan fingerprint density at radius 2 is 2.35 bits per heavy atom. The lowest BCUT2D eigenvalue weighted by molar-refractivity contribution is 0.627. The van der Waals surface area contributed by atoms with Crippen LogP contribution in [-0.2, 0) is 6.42 Å². The Balaban J connectivity index is 2.02. The molecule has 0 aromatic carbocycles. The molecule has 3 aromatic heterocycles. The Morgan fingerprint density at radius 1 is 1.45 bits per heavy atom. The van der Waals surface area contributed by atoms with Gasteiger partial charge >= 0.3 is 0 Å². The van der Waals surface area contributed by atoms with Crippen LogP contribution in [0.25, 0.3) is 5.65 Å². The zero-order valence-corrected chi connectivity index (χ0v) is 12.7. The second-order valence-corrected chi connectivity index (χ2v) is 6.49. The second kappa shape index (κ2) is 5.90. The zero-order valence-electron chi connectivity index (χ0n) is 11.1. The SMILES string of the molecule is CCC(N)Cc1c(Sc2ncns2)nc2ccccn12. The minimum absolute atomic E-state index is 0.142. The van der Waals surface area contributed by atoms with Gasteiger partial charge in [0.15, 0.2) is 4.34 Å². The van der Waals surface area contributed by atoms with Gasteiger partial charge in [0.05, 0.1) is 5.69 Å². The molecule has 7 heteroatoms. The van der Waals surface area contributed by atoms with Crippen molar-refractivity contribution in [3.05, 3.63) is 36.4 Å². The molecule has 0 spiro atoms. The molecule has 3 rings (SSSR count). The normalized spacial score (nSPS) is 12.9. The molecule has 0 fully saturated rings. The van der Waals surface area contributed by atoms with Crippen LogP contribution in [0, 0.1) is 0 Å². The lowest BCUT2D eigenvalue weighted by Crippen LogP contribution is -2.22. The number of hydrogen-bond donors (Lipinski definition) is 1. The fourth-order valence-corrected chi connectivity index (χ4v) is 3.47. The molecule has 20 heavy (non-hydrogen) atoms. The lowest BCUT2D eigenvalue weighted by atomic mass is 10.1. The van der Waals surface area contributed by atoms with Gasteiger partial charge < -0.3 is 10.1 Å². The third-order valence-electron chi connectivity index (χ3n) is 3.10. The first-order valence-corrected chi connectivity index (χ1v) is 8.03. The predicted molar refractivity (Wildman–Crippen MR) is 81.2 cm³/mol. The highest BCUT2D eigenvalue weighted by atomic mass is 32.2. The van der Waals surface area contributed by atoms with E-state index in [1.54, 1.807) is 18.1 Å². The van der Waals surface area contributed by atoms with Gasteiger partial charge in [-0.05, 0) is 41.8 Å². The summed E-state index contributed by atoms with van der Waals surface area (Å²) < 4.78 is 7.04. The van der Waals surface area contributed by atoms with E-state index in [0.717, 1.165) is 33.5 Å². The van der Waals surface area contributed by atoms with Crippen molar-refractivity contribution < 1.29 is 0 Å². The molecule has 0 radical (unpaired) electrons. The van der Waals surface area contributed by atoms with E-state index in [1.807, 2.05) is 24.4 Å². The summed E-state index contributed by atoms with van der Waals surface area (Å²) >= 11 is 2.94. The molecule has 3 aromatic rings. The van der Waals surface area contributed by atoms with Gasteiger partial charge in [-0.3, -0.25) is 0 Å². The monoisotopic (exact) mass is 305 g/mol. The summed E-state index contributed by atoms with van der Waals surface area (Å²) in [6.45, 7) is 2.10. The lowest BCUT2D eigenvalue weighted by Gasteiger charge is -2.09. The molecule has 0 aliphatic carbocycles. The summed E-state index contributed by atoms with van der Waals surface area (Å²) in [6.07, 6.45) is 5.36. The number of pyridine rings is 1. The van der Waals surface area contributed by atoms with E-state index < -0.39 is 0 Å². The molecule has 0 saturated heterocycles. The third-order valence-corrected chi connectivity index (χ3v) is 4.83. The van der Waals surface area contributed by atoms with E-state index in [4.69, 9.17) is 5.73 Å². The fourth-order valence-electron chi connectivity index (χ4n) is 1.98. The highest BCUT2D eigenvalue weighted by Crippen LogP contribution is 2.31. The van der Waals surface area contributed by atoms with Crippen LogP contribution in [-0.4, -0.2) is 24.8 Å². The van der Waals surface area contributed by atoms with E-state index in [-0.39, 0.29) is 6.04 Å². The first kappa shape index (κ1) is 13.5. The van der Waals surface area contributed by atoms with Crippen LogP contribution in [0.1, 0.15) is 19.0 Å². The summed E-state index contributed by atoms with van der Waals surface area (Å²) in [4.78, 5) is 8.90. The quantitative estimate of drug-likeness (QED) is 0.784. The van der Waals surface area contributed by atoms with Crippen LogP contribution in [0.4, 0.5) is 0 Å². The summed E-state index contributed by atoms with van der Waals surface area (Å²) in [5.74, 6) is 0. The van der Waals surface area contributed by atoms with E-state index in [2.05, 4.69) is 25.7 Å². The van der Waals surface area contributed by atoms with Gasteiger partial charge in [0, 0.05) is 18.7 Å². The van der Waals surface area contributed by atoms with E-state index >= 15 is 0 Å². The minimum atomic E-state index is 0.142.